The van der Waals surface area contributed by atoms with Gasteiger partial charge in [-0.15, -0.1) is 0 Å². The molecule has 0 spiro atoms. The largest absolute Gasteiger partial charge is 0.495 e. The van der Waals surface area contributed by atoms with Crippen LogP contribution in [0, 0.1) is 5.82 Å². The molecular formula is C24H26Cl2FN5O3. The average Bonchev–Trinajstić information content (AvgIpc) is 2.76. The number of carbonyl (C=O) groups is 1. The highest BCUT2D eigenvalue weighted by Gasteiger charge is 2.32. The number of nitrogens with zero attached hydrogens (tertiary/aromatic N) is 2. The molecule has 2 aromatic carbocycles. The summed E-state index contributed by atoms with van der Waals surface area (Å²) in [5.74, 6) is 0.332. The van der Waals surface area contributed by atoms with Crippen LogP contribution in [0.1, 0.15) is 33.6 Å². The molecule has 0 saturated heterocycles. The molecule has 3 N–H and O–H groups in total. The summed E-state index contributed by atoms with van der Waals surface area (Å²) in [4.78, 5) is 20.6. The number of alkyl carbamates (subject to hydrolysis) is 1. The summed E-state index contributed by atoms with van der Waals surface area (Å²) in [6, 6.07) is 6.77. The minimum Gasteiger partial charge on any atom is -0.495 e. The highest BCUT2D eigenvalue weighted by Crippen LogP contribution is 2.37. The lowest BCUT2D eigenvalue weighted by Crippen LogP contribution is -2.50. The standard InChI is InChI=1S/C24H26Cl2FN5O3/c1-24(2,3)35-23(33)31-13-7-12(8-13)30-18-9-14-17(10-19(18)34-4)28-11-29-22(14)32-16-6-5-15(25)20(26)21(16)27/h5-6,9-13,30H,7-8H2,1-4H3,(H,31,33)(H,28,29,32). The van der Waals surface area contributed by atoms with E-state index in [1.807, 2.05) is 26.8 Å². The number of methoxy groups -OCH3 is 1. The Morgan fingerprint density at radius 2 is 1.86 bits per heavy atom. The summed E-state index contributed by atoms with van der Waals surface area (Å²) in [6.07, 6.45) is 2.41. The Morgan fingerprint density at radius 3 is 2.54 bits per heavy atom. The van der Waals surface area contributed by atoms with Crippen molar-refractivity contribution >= 4 is 57.4 Å². The van der Waals surface area contributed by atoms with Gasteiger partial charge in [0.1, 0.15) is 23.5 Å². The third-order valence-electron chi connectivity index (χ3n) is 5.46. The van der Waals surface area contributed by atoms with Crippen molar-refractivity contribution in [3.05, 3.63) is 46.5 Å². The van der Waals surface area contributed by atoms with Crippen molar-refractivity contribution < 1.29 is 18.7 Å². The molecule has 8 nitrogen and oxygen atoms in total. The second kappa shape index (κ2) is 9.91. The second-order valence-electron chi connectivity index (χ2n) is 9.30. The van der Waals surface area contributed by atoms with Crippen molar-refractivity contribution in [2.45, 2.75) is 51.3 Å². The molecular weight excluding hydrogens is 496 g/mol. The van der Waals surface area contributed by atoms with Gasteiger partial charge in [0, 0.05) is 23.5 Å². The molecule has 0 atom stereocenters. The van der Waals surface area contributed by atoms with Gasteiger partial charge in [-0.25, -0.2) is 19.2 Å². The first-order valence-corrected chi connectivity index (χ1v) is 11.8. The minimum absolute atomic E-state index is 0.0204. The SMILES string of the molecule is COc1cc2ncnc(Nc3ccc(Cl)c(Cl)c3F)c2cc1NC1CC(NC(=O)OC(C)(C)C)C1. The van der Waals surface area contributed by atoms with Crippen LogP contribution in [0.5, 0.6) is 5.75 Å². The van der Waals surface area contributed by atoms with Gasteiger partial charge in [0.05, 0.1) is 34.0 Å². The van der Waals surface area contributed by atoms with Crippen LogP contribution in [0.15, 0.2) is 30.6 Å². The Balaban J connectivity index is 1.51. The quantitative estimate of drug-likeness (QED) is 0.327. The Labute approximate surface area is 212 Å². The number of ether oxygens (including phenoxy) is 2. The molecule has 1 amide bonds. The van der Waals surface area contributed by atoms with E-state index in [9.17, 15) is 9.18 Å². The first-order chi connectivity index (χ1) is 16.5. The van der Waals surface area contributed by atoms with Crippen LogP contribution >= 0.6 is 23.2 Å². The molecule has 1 aliphatic carbocycles. The summed E-state index contributed by atoms with van der Waals surface area (Å²) in [5, 5.41) is 9.92. The first-order valence-electron chi connectivity index (χ1n) is 11.0. The van der Waals surface area contributed by atoms with Gasteiger partial charge in [-0.05, 0) is 51.8 Å². The third kappa shape index (κ3) is 5.79. The van der Waals surface area contributed by atoms with Gasteiger partial charge in [0.15, 0.2) is 5.82 Å². The van der Waals surface area contributed by atoms with E-state index in [1.54, 1.807) is 13.2 Å². The molecule has 1 aliphatic rings. The number of benzene rings is 2. The number of amides is 1. The van der Waals surface area contributed by atoms with Crippen molar-refractivity contribution in [1.82, 2.24) is 15.3 Å². The molecule has 11 heteroatoms. The Morgan fingerprint density at radius 1 is 1.11 bits per heavy atom. The fourth-order valence-electron chi connectivity index (χ4n) is 3.76. The average molecular weight is 522 g/mol. The lowest BCUT2D eigenvalue weighted by molar-refractivity contribution is 0.0475. The number of anilines is 3. The van der Waals surface area contributed by atoms with Crippen LogP contribution in [-0.2, 0) is 4.74 Å². The number of hydrogen-bond donors (Lipinski definition) is 3. The molecule has 4 rings (SSSR count). The van der Waals surface area contributed by atoms with E-state index in [-0.39, 0.29) is 27.8 Å². The van der Waals surface area contributed by atoms with Crippen molar-refractivity contribution in [3.63, 3.8) is 0 Å². The maximum absolute atomic E-state index is 14.6. The zero-order valence-electron chi connectivity index (χ0n) is 19.7. The molecule has 0 bridgehead atoms. The fraction of sp³-hybridized carbons (Fsp3) is 0.375. The number of hydrogen-bond acceptors (Lipinski definition) is 7. The van der Waals surface area contributed by atoms with Crippen LogP contribution in [0.3, 0.4) is 0 Å². The van der Waals surface area contributed by atoms with Crippen molar-refractivity contribution in [3.8, 4) is 5.75 Å². The number of halogens is 3. The molecule has 1 aromatic heterocycles. The van der Waals surface area contributed by atoms with E-state index in [1.165, 1.54) is 18.5 Å². The van der Waals surface area contributed by atoms with E-state index >= 15 is 0 Å². The number of fused-ring (bicyclic) bond motifs is 1. The van der Waals surface area contributed by atoms with Crippen molar-refractivity contribution in [2.75, 3.05) is 17.7 Å². The van der Waals surface area contributed by atoms with Crippen LogP contribution in [0.2, 0.25) is 10.0 Å². The number of aromatic nitrogens is 2. The summed E-state index contributed by atoms with van der Waals surface area (Å²) < 4.78 is 25.5. The van der Waals surface area contributed by atoms with Gasteiger partial charge in [-0.2, -0.15) is 0 Å². The van der Waals surface area contributed by atoms with Crippen LogP contribution < -0.4 is 20.7 Å². The maximum Gasteiger partial charge on any atom is 0.407 e. The molecule has 0 unspecified atom stereocenters. The second-order valence-corrected chi connectivity index (χ2v) is 10.1. The predicted octanol–water partition coefficient (Wildman–Crippen LogP) is 6.30. The normalized spacial score (nSPS) is 17.5. The minimum atomic E-state index is -0.671. The van der Waals surface area contributed by atoms with Gasteiger partial charge >= 0.3 is 6.09 Å². The monoisotopic (exact) mass is 521 g/mol. The molecule has 1 fully saturated rings. The van der Waals surface area contributed by atoms with E-state index < -0.39 is 17.5 Å². The molecule has 0 radical (unpaired) electrons. The Hall–Kier alpha value is -3.04. The molecule has 35 heavy (non-hydrogen) atoms. The summed E-state index contributed by atoms with van der Waals surface area (Å²) in [6.45, 7) is 5.48. The fourth-order valence-corrected chi connectivity index (χ4v) is 4.07. The zero-order chi connectivity index (χ0) is 25.3. The van der Waals surface area contributed by atoms with E-state index in [0.29, 0.717) is 22.5 Å². The summed E-state index contributed by atoms with van der Waals surface area (Å²) in [5.41, 5.74) is 0.939. The highest BCUT2D eigenvalue weighted by molar-refractivity contribution is 6.42. The van der Waals surface area contributed by atoms with Crippen LogP contribution in [-0.4, -0.2) is 40.9 Å². The van der Waals surface area contributed by atoms with Crippen LogP contribution in [0.4, 0.5) is 26.4 Å². The van der Waals surface area contributed by atoms with Gasteiger partial charge in [0.2, 0.25) is 0 Å². The molecule has 0 aliphatic heterocycles. The predicted molar refractivity (Wildman–Crippen MR) is 136 cm³/mol. The van der Waals surface area contributed by atoms with Gasteiger partial charge < -0.3 is 25.4 Å². The Kier molecular flexibility index (Phi) is 7.10. The van der Waals surface area contributed by atoms with Crippen molar-refractivity contribution in [2.24, 2.45) is 0 Å². The molecule has 1 saturated carbocycles. The van der Waals surface area contributed by atoms with Gasteiger partial charge in [-0.3, -0.25) is 0 Å². The summed E-state index contributed by atoms with van der Waals surface area (Å²) >= 11 is 11.8. The first kappa shape index (κ1) is 25.1. The van der Waals surface area contributed by atoms with E-state index in [2.05, 4.69) is 25.9 Å². The third-order valence-corrected chi connectivity index (χ3v) is 6.24. The smallest absolute Gasteiger partial charge is 0.407 e. The van der Waals surface area contributed by atoms with E-state index in [4.69, 9.17) is 32.7 Å². The molecule has 1 heterocycles. The van der Waals surface area contributed by atoms with Gasteiger partial charge in [0.25, 0.3) is 0 Å². The Bertz CT molecular complexity index is 1260. The molecule has 186 valence electrons. The highest BCUT2D eigenvalue weighted by atomic mass is 35.5. The summed E-state index contributed by atoms with van der Waals surface area (Å²) in [7, 11) is 1.57. The lowest BCUT2D eigenvalue weighted by Gasteiger charge is -2.37. The number of nitrogens with one attached hydrogen (secondary N) is 3. The van der Waals surface area contributed by atoms with Crippen molar-refractivity contribution in [1.29, 1.82) is 0 Å². The lowest BCUT2D eigenvalue weighted by atomic mass is 9.86. The number of carbonyl (C=O) groups excluding carboxylic acids is 1. The zero-order valence-corrected chi connectivity index (χ0v) is 21.2. The topological polar surface area (TPSA) is 97.4 Å². The van der Waals surface area contributed by atoms with Gasteiger partial charge in [-0.1, -0.05) is 23.2 Å². The van der Waals surface area contributed by atoms with Crippen LogP contribution in [0.25, 0.3) is 10.9 Å². The van der Waals surface area contributed by atoms with E-state index in [0.717, 1.165) is 18.5 Å². The maximum atomic E-state index is 14.6. The number of rotatable bonds is 6. The molecule has 3 aromatic rings.